The quantitative estimate of drug-likeness (QED) is 0.461. The first-order valence-corrected chi connectivity index (χ1v) is 7.97. The summed E-state index contributed by atoms with van der Waals surface area (Å²) in [5.74, 6) is -0.452. The summed E-state index contributed by atoms with van der Waals surface area (Å²) in [5.41, 5.74) is 1.08. The first-order valence-electron chi connectivity index (χ1n) is 7.17. The zero-order valence-corrected chi connectivity index (χ0v) is 14.4. The standard InChI is InChI=1S/C17H15BrN2O4/c1-11(21)19-16(14-4-2-3-5-15(14)18)10-17(22)12-6-8-13(9-7-12)20(23)24/h2-9,16H,10H2,1H3,(H,19,21). The van der Waals surface area contributed by atoms with E-state index in [1.54, 1.807) is 0 Å². The maximum absolute atomic E-state index is 12.5. The van der Waals surface area contributed by atoms with Gasteiger partial charge in [-0.2, -0.15) is 0 Å². The molecule has 0 aliphatic heterocycles. The number of hydrogen-bond acceptors (Lipinski definition) is 4. The van der Waals surface area contributed by atoms with Crippen LogP contribution in [0.5, 0.6) is 0 Å². The number of non-ortho nitro benzene ring substituents is 1. The van der Waals surface area contributed by atoms with Gasteiger partial charge in [0.1, 0.15) is 0 Å². The van der Waals surface area contributed by atoms with Crippen LogP contribution in [0.15, 0.2) is 53.0 Å². The zero-order valence-electron chi connectivity index (χ0n) is 12.9. The van der Waals surface area contributed by atoms with E-state index in [1.807, 2.05) is 24.3 Å². The van der Waals surface area contributed by atoms with Gasteiger partial charge in [-0.1, -0.05) is 34.1 Å². The normalized spacial score (nSPS) is 11.6. The van der Waals surface area contributed by atoms with Gasteiger partial charge in [-0.25, -0.2) is 0 Å². The molecule has 1 amide bonds. The highest BCUT2D eigenvalue weighted by atomic mass is 79.9. The van der Waals surface area contributed by atoms with Crippen LogP contribution in [0.2, 0.25) is 0 Å². The summed E-state index contributed by atoms with van der Waals surface area (Å²) in [6.45, 7) is 1.39. The molecule has 0 aromatic heterocycles. The lowest BCUT2D eigenvalue weighted by Crippen LogP contribution is -2.28. The number of rotatable bonds is 6. The van der Waals surface area contributed by atoms with Crippen LogP contribution in [-0.4, -0.2) is 16.6 Å². The molecule has 0 fully saturated rings. The second-order valence-corrected chi connectivity index (χ2v) is 6.06. The maximum atomic E-state index is 12.5. The van der Waals surface area contributed by atoms with E-state index in [0.29, 0.717) is 5.56 Å². The molecule has 0 aliphatic carbocycles. The Morgan fingerprint density at radius 2 is 1.79 bits per heavy atom. The lowest BCUT2D eigenvalue weighted by molar-refractivity contribution is -0.384. The molecular formula is C17H15BrN2O4. The number of amides is 1. The molecule has 1 unspecified atom stereocenters. The SMILES string of the molecule is CC(=O)NC(CC(=O)c1ccc([N+](=O)[O-])cc1)c1ccccc1Br. The van der Waals surface area contributed by atoms with Gasteiger partial charge in [0.05, 0.1) is 11.0 Å². The van der Waals surface area contributed by atoms with E-state index >= 15 is 0 Å². The predicted octanol–water partition coefficient (Wildman–Crippen LogP) is 3.81. The van der Waals surface area contributed by atoms with E-state index in [1.165, 1.54) is 31.2 Å². The van der Waals surface area contributed by atoms with Gasteiger partial charge >= 0.3 is 0 Å². The highest BCUT2D eigenvalue weighted by Gasteiger charge is 2.20. The molecular weight excluding hydrogens is 376 g/mol. The van der Waals surface area contributed by atoms with Gasteiger partial charge in [0.25, 0.3) is 5.69 Å². The van der Waals surface area contributed by atoms with Crippen LogP contribution in [0.25, 0.3) is 0 Å². The maximum Gasteiger partial charge on any atom is 0.269 e. The first-order chi connectivity index (χ1) is 11.4. The molecule has 0 heterocycles. The Morgan fingerprint density at radius 3 is 2.33 bits per heavy atom. The van der Waals surface area contributed by atoms with Crippen molar-refractivity contribution in [3.8, 4) is 0 Å². The third-order valence-electron chi connectivity index (χ3n) is 3.45. The summed E-state index contributed by atoms with van der Waals surface area (Å²) in [6.07, 6.45) is 0.0556. The summed E-state index contributed by atoms with van der Waals surface area (Å²) >= 11 is 3.42. The topological polar surface area (TPSA) is 89.3 Å². The average molecular weight is 391 g/mol. The van der Waals surface area contributed by atoms with Gasteiger partial charge in [0, 0.05) is 35.5 Å². The van der Waals surface area contributed by atoms with Crippen molar-refractivity contribution in [2.45, 2.75) is 19.4 Å². The number of halogens is 1. The number of nitro benzene ring substituents is 1. The number of carbonyl (C=O) groups excluding carboxylic acids is 2. The molecule has 0 aliphatic rings. The molecule has 0 spiro atoms. The van der Waals surface area contributed by atoms with Crippen molar-refractivity contribution in [2.75, 3.05) is 0 Å². The Morgan fingerprint density at radius 1 is 1.17 bits per heavy atom. The summed E-state index contributed by atoms with van der Waals surface area (Å²) < 4.78 is 0.792. The van der Waals surface area contributed by atoms with Crippen LogP contribution >= 0.6 is 15.9 Å². The largest absolute Gasteiger partial charge is 0.349 e. The van der Waals surface area contributed by atoms with Crippen molar-refractivity contribution < 1.29 is 14.5 Å². The number of nitro groups is 1. The monoisotopic (exact) mass is 390 g/mol. The minimum Gasteiger partial charge on any atom is -0.349 e. The third kappa shape index (κ3) is 4.48. The lowest BCUT2D eigenvalue weighted by Gasteiger charge is -2.19. The number of benzene rings is 2. The Bertz CT molecular complexity index is 774. The van der Waals surface area contributed by atoms with Crippen molar-refractivity contribution >= 4 is 33.3 Å². The fourth-order valence-corrected chi connectivity index (χ4v) is 2.88. The van der Waals surface area contributed by atoms with Crippen molar-refractivity contribution in [1.82, 2.24) is 5.32 Å². The summed E-state index contributed by atoms with van der Waals surface area (Å²) in [4.78, 5) is 34.1. The van der Waals surface area contributed by atoms with E-state index in [9.17, 15) is 19.7 Å². The van der Waals surface area contributed by atoms with Gasteiger partial charge in [-0.15, -0.1) is 0 Å². The van der Waals surface area contributed by atoms with E-state index in [0.717, 1.165) is 10.0 Å². The number of nitrogens with zero attached hydrogens (tertiary/aromatic N) is 1. The molecule has 0 saturated heterocycles. The molecule has 0 radical (unpaired) electrons. The van der Waals surface area contributed by atoms with Crippen molar-refractivity contribution in [1.29, 1.82) is 0 Å². The van der Waals surface area contributed by atoms with E-state index in [-0.39, 0.29) is 23.8 Å². The molecule has 124 valence electrons. The Balaban J connectivity index is 2.22. The molecule has 2 aromatic carbocycles. The van der Waals surface area contributed by atoms with E-state index in [2.05, 4.69) is 21.2 Å². The fourth-order valence-electron chi connectivity index (χ4n) is 2.31. The number of hydrogen-bond donors (Lipinski definition) is 1. The molecule has 7 heteroatoms. The highest BCUT2D eigenvalue weighted by Crippen LogP contribution is 2.27. The Hall–Kier alpha value is -2.54. The van der Waals surface area contributed by atoms with Crippen LogP contribution < -0.4 is 5.32 Å². The Labute approximate surface area is 147 Å². The van der Waals surface area contributed by atoms with Crippen LogP contribution in [0.1, 0.15) is 35.3 Å². The molecule has 2 rings (SSSR count). The van der Waals surface area contributed by atoms with Crippen LogP contribution in [0.3, 0.4) is 0 Å². The molecule has 2 aromatic rings. The minimum atomic E-state index is -0.518. The molecule has 0 bridgehead atoms. The van der Waals surface area contributed by atoms with Gasteiger partial charge in [0.15, 0.2) is 5.78 Å². The van der Waals surface area contributed by atoms with Gasteiger partial charge in [0.2, 0.25) is 5.91 Å². The summed E-state index contributed by atoms with van der Waals surface area (Å²) in [5, 5.41) is 13.4. The number of Topliss-reactive ketones (excluding diaryl/α,β-unsaturated/α-hetero) is 1. The molecule has 6 nitrogen and oxygen atoms in total. The summed E-state index contributed by atoms with van der Waals surface area (Å²) in [7, 11) is 0. The van der Waals surface area contributed by atoms with Gasteiger partial charge in [-0.05, 0) is 23.8 Å². The smallest absolute Gasteiger partial charge is 0.269 e. The van der Waals surface area contributed by atoms with Crippen molar-refractivity contribution in [2.24, 2.45) is 0 Å². The Kier molecular flexibility index (Phi) is 5.81. The van der Waals surface area contributed by atoms with Crippen LogP contribution in [-0.2, 0) is 4.79 Å². The second kappa shape index (κ2) is 7.83. The molecule has 0 saturated carbocycles. The molecule has 24 heavy (non-hydrogen) atoms. The lowest BCUT2D eigenvalue weighted by atomic mass is 9.97. The third-order valence-corrected chi connectivity index (χ3v) is 4.17. The number of nitrogens with one attached hydrogen (secondary N) is 1. The molecule has 1 atom stereocenters. The van der Waals surface area contributed by atoms with Crippen LogP contribution in [0.4, 0.5) is 5.69 Å². The fraction of sp³-hybridized carbons (Fsp3) is 0.176. The molecule has 1 N–H and O–H groups in total. The highest BCUT2D eigenvalue weighted by molar-refractivity contribution is 9.10. The number of ketones is 1. The first kappa shape index (κ1) is 17.8. The van der Waals surface area contributed by atoms with Gasteiger partial charge in [-0.3, -0.25) is 19.7 Å². The van der Waals surface area contributed by atoms with Gasteiger partial charge < -0.3 is 5.32 Å². The predicted molar refractivity (Wildman–Crippen MR) is 92.7 cm³/mol. The number of carbonyl (C=O) groups is 2. The second-order valence-electron chi connectivity index (χ2n) is 5.21. The summed E-state index contributed by atoms with van der Waals surface area (Å²) in [6, 6.07) is 12.3. The van der Waals surface area contributed by atoms with Crippen molar-refractivity contribution in [3.05, 3.63) is 74.2 Å². The zero-order chi connectivity index (χ0) is 17.7. The van der Waals surface area contributed by atoms with E-state index in [4.69, 9.17) is 0 Å². The van der Waals surface area contributed by atoms with Crippen LogP contribution in [0, 0.1) is 10.1 Å². The van der Waals surface area contributed by atoms with Crippen molar-refractivity contribution in [3.63, 3.8) is 0 Å². The van der Waals surface area contributed by atoms with E-state index < -0.39 is 11.0 Å². The average Bonchev–Trinajstić information content (AvgIpc) is 2.54. The minimum absolute atomic E-state index is 0.0556.